The molecule has 0 radical (unpaired) electrons. The van der Waals surface area contributed by atoms with Gasteiger partial charge < -0.3 is 0 Å². The van der Waals surface area contributed by atoms with Crippen LogP contribution in [0.1, 0.15) is 36.1 Å². The predicted octanol–water partition coefficient (Wildman–Crippen LogP) is 3.60. The van der Waals surface area contributed by atoms with E-state index >= 15 is 0 Å². The summed E-state index contributed by atoms with van der Waals surface area (Å²) in [6.07, 6.45) is 1.84. The Morgan fingerprint density at radius 2 is 1.59 bits per heavy atom. The van der Waals surface area contributed by atoms with E-state index in [9.17, 15) is 8.42 Å². The second-order valence-electron chi connectivity index (χ2n) is 5.45. The molecule has 0 saturated heterocycles. The van der Waals surface area contributed by atoms with Crippen LogP contribution >= 0.6 is 0 Å². The van der Waals surface area contributed by atoms with Crippen LogP contribution < -0.4 is 4.72 Å². The van der Waals surface area contributed by atoms with Gasteiger partial charge in [0.1, 0.15) is 0 Å². The molecule has 0 saturated carbocycles. The van der Waals surface area contributed by atoms with Gasteiger partial charge in [0.05, 0.1) is 4.90 Å². The first-order valence-electron chi connectivity index (χ1n) is 7.63. The lowest BCUT2D eigenvalue weighted by atomic mass is 10.0. The Morgan fingerprint density at radius 3 is 2.18 bits per heavy atom. The van der Waals surface area contributed by atoms with E-state index in [1.54, 1.807) is 12.1 Å². The highest BCUT2D eigenvalue weighted by Crippen LogP contribution is 2.16. The fourth-order valence-corrected chi connectivity index (χ4v) is 3.39. The first-order valence-corrected chi connectivity index (χ1v) is 9.11. The third-order valence-electron chi connectivity index (χ3n) is 3.84. The third-order valence-corrected chi connectivity index (χ3v) is 5.26. The van der Waals surface area contributed by atoms with Crippen molar-refractivity contribution < 1.29 is 8.42 Å². The minimum Gasteiger partial charge on any atom is -0.207 e. The van der Waals surface area contributed by atoms with Crippen LogP contribution in [0.25, 0.3) is 0 Å². The van der Waals surface area contributed by atoms with Gasteiger partial charge in [-0.25, -0.2) is 13.1 Å². The number of benzene rings is 2. The van der Waals surface area contributed by atoms with E-state index in [2.05, 4.69) is 36.8 Å². The highest BCUT2D eigenvalue weighted by molar-refractivity contribution is 7.89. The lowest BCUT2D eigenvalue weighted by molar-refractivity contribution is 0.581. The number of rotatable bonds is 6. The number of hydrogen-bond donors (Lipinski definition) is 1. The molecule has 0 aromatic heterocycles. The Balaban J connectivity index is 2.20. The van der Waals surface area contributed by atoms with Gasteiger partial charge in [0.25, 0.3) is 0 Å². The fraction of sp³-hybridized carbons (Fsp3) is 0.333. The topological polar surface area (TPSA) is 46.2 Å². The molecule has 0 unspecified atom stereocenters. The molecule has 0 spiro atoms. The van der Waals surface area contributed by atoms with Gasteiger partial charge in [0.15, 0.2) is 0 Å². The Bertz CT molecular complexity index is 734. The predicted molar refractivity (Wildman–Crippen MR) is 90.4 cm³/mol. The van der Waals surface area contributed by atoms with Crippen molar-refractivity contribution in [3.8, 4) is 0 Å². The molecule has 0 aliphatic heterocycles. The highest BCUT2D eigenvalue weighted by atomic mass is 32.2. The molecule has 3 nitrogen and oxygen atoms in total. The van der Waals surface area contributed by atoms with Crippen molar-refractivity contribution in [3.05, 3.63) is 64.7 Å². The van der Waals surface area contributed by atoms with Gasteiger partial charge in [-0.1, -0.05) is 49.7 Å². The summed E-state index contributed by atoms with van der Waals surface area (Å²) in [5, 5.41) is 0. The van der Waals surface area contributed by atoms with Crippen molar-refractivity contribution in [3.63, 3.8) is 0 Å². The minimum absolute atomic E-state index is 0.308. The van der Waals surface area contributed by atoms with E-state index in [0.717, 1.165) is 24.0 Å². The summed E-state index contributed by atoms with van der Waals surface area (Å²) in [6.45, 7) is 6.45. The summed E-state index contributed by atoms with van der Waals surface area (Å²) in [6, 6.07) is 13.2. The maximum absolute atomic E-state index is 12.4. The molecule has 0 atom stereocenters. The zero-order chi connectivity index (χ0) is 16.2. The van der Waals surface area contributed by atoms with Gasteiger partial charge in [-0.3, -0.25) is 0 Å². The van der Waals surface area contributed by atoms with E-state index in [-0.39, 0.29) is 0 Å². The van der Waals surface area contributed by atoms with E-state index in [1.807, 2.05) is 19.1 Å². The summed E-state index contributed by atoms with van der Waals surface area (Å²) in [7, 11) is -3.47. The second-order valence-corrected chi connectivity index (χ2v) is 7.21. The average molecular weight is 317 g/mol. The molecular formula is C18H23NO2S. The summed E-state index contributed by atoms with van der Waals surface area (Å²) in [5.74, 6) is 0. The molecule has 0 heterocycles. The Morgan fingerprint density at radius 1 is 0.909 bits per heavy atom. The first kappa shape index (κ1) is 16.7. The molecule has 0 bridgehead atoms. The normalized spacial score (nSPS) is 11.6. The van der Waals surface area contributed by atoms with Crippen LogP contribution in [0, 0.1) is 6.92 Å². The van der Waals surface area contributed by atoms with Crippen LogP contribution in [0.4, 0.5) is 0 Å². The maximum Gasteiger partial charge on any atom is 0.240 e. The molecular weight excluding hydrogens is 294 g/mol. The molecule has 0 amide bonds. The number of hydrogen-bond acceptors (Lipinski definition) is 2. The van der Waals surface area contributed by atoms with Crippen molar-refractivity contribution in [2.24, 2.45) is 0 Å². The van der Waals surface area contributed by atoms with Crippen molar-refractivity contribution in [2.75, 3.05) is 0 Å². The quantitative estimate of drug-likeness (QED) is 0.885. The minimum atomic E-state index is -3.47. The summed E-state index contributed by atoms with van der Waals surface area (Å²) < 4.78 is 27.4. The second kappa shape index (κ2) is 7.07. The number of nitrogens with one attached hydrogen (secondary N) is 1. The SMILES string of the molecule is CCc1ccc(CC)c(CNS(=O)(=O)c2ccc(C)cc2)c1. The zero-order valence-corrected chi connectivity index (χ0v) is 14.2. The maximum atomic E-state index is 12.4. The highest BCUT2D eigenvalue weighted by Gasteiger charge is 2.14. The Labute approximate surface area is 133 Å². The van der Waals surface area contributed by atoms with Crippen LogP contribution in [0.2, 0.25) is 0 Å². The van der Waals surface area contributed by atoms with Gasteiger partial charge in [-0.05, 0) is 48.6 Å². The van der Waals surface area contributed by atoms with Gasteiger partial charge >= 0.3 is 0 Å². The van der Waals surface area contributed by atoms with Gasteiger partial charge in [-0.2, -0.15) is 0 Å². The van der Waals surface area contributed by atoms with E-state index in [0.29, 0.717) is 11.4 Å². The monoisotopic (exact) mass is 317 g/mol. The molecule has 4 heteroatoms. The van der Waals surface area contributed by atoms with Gasteiger partial charge in [0.2, 0.25) is 10.0 Å². The molecule has 2 aromatic carbocycles. The number of sulfonamides is 1. The molecule has 2 aromatic rings. The first-order chi connectivity index (χ1) is 10.5. The molecule has 0 aliphatic carbocycles. The van der Waals surface area contributed by atoms with Crippen LogP contribution in [-0.4, -0.2) is 8.42 Å². The van der Waals surface area contributed by atoms with Crippen LogP contribution in [-0.2, 0) is 29.4 Å². The van der Waals surface area contributed by atoms with Crippen molar-refractivity contribution in [2.45, 2.75) is 45.1 Å². The zero-order valence-electron chi connectivity index (χ0n) is 13.4. The third kappa shape index (κ3) is 3.96. The Kier molecular flexibility index (Phi) is 5.37. The lowest BCUT2D eigenvalue weighted by Gasteiger charge is -2.12. The molecule has 1 N–H and O–H groups in total. The lowest BCUT2D eigenvalue weighted by Crippen LogP contribution is -2.23. The van der Waals surface area contributed by atoms with Crippen LogP contribution in [0.15, 0.2) is 47.4 Å². The molecule has 0 aliphatic rings. The largest absolute Gasteiger partial charge is 0.240 e. The molecule has 2 rings (SSSR count). The summed E-state index contributed by atoms with van der Waals surface area (Å²) in [4.78, 5) is 0.308. The number of aryl methyl sites for hydroxylation is 3. The van der Waals surface area contributed by atoms with Crippen molar-refractivity contribution in [1.29, 1.82) is 0 Å². The standard InChI is InChI=1S/C18H23NO2S/c1-4-15-8-9-16(5-2)17(12-15)13-19-22(20,21)18-10-6-14(3)7-11-18/h6-12,19H,4-5,13H2,1-3H3. The van der Waals surface area contributed by atoms with Crippen LogP contribution in [0.3, 0.4) is 0 Å². The fourth-order valence-electron chi connectivity index (χ4n) is 2.38. The van der Waals surface area contributed by atoms with Crippen molar-refractivity contribution in [1.82, 2.24) is 4.72 Å². The average Bonchev–Trinajstić information content (AvgIpc) is 2.53. The Hall–Kier alpha value is -1.65. The van der Waals surface area contributed by atoms with Crippen molar-refractivity contribution >= 4 is 10.0 Å². The summed E-state index contributed by atoms with van der Waals surface area (Å²) in [5.41, 5.74) is 4.51. The smallest absolute Gasteiger partial charge is 0.207 e. The summed E-state index contributed by atoms with van der Waals surface area (Å²) >= 11 is 0. The van der Waals surface area contributed by atoms with Crippen LogP contribution in [0.5, 0.6) is 0 Å². The molecule has 22 heavy (non-hydrogen) atoms. The molecule has 0 fully saturated rings. The van der Waals surface area contributed by atoms with Gasteiger partial charge in [0, 0.05) is 6.54 Å². The molecule has 118 valence electrons. The van der Waals surface area contributed by atoms with Gasteiger partial charge in [-0.15, -0.1) is 0 Å². The van der Waals surface area contributed by atoms with E-state index in [4.69, 9.17) is 0 Å². The van der Waals surface area contributed by atoms with E-state index < -0.39 is 10.0 Å². The van der Waals surface area contributed by atoms with E-state index in [1.165, 1.54) is 11.1 Å².